The first-order valence-electron chi connectivity index (χ1n) is 7.24. The number of ether oxygens (including phenoxy) is 1. The van der Waals surface area contributed by atoms with E-state index in [2.05, 4.69) is 27.7 Å². The van der Waals surface area contributed by atoms with Crippen LogP contribution in [0.5, 0.6) is 0 Å². The van der Waals surface area contributed by atoms with Crippen molar-refractivity contribution in [2.75, 3.05) is 0 Å². The van der Waals surface area contributed by atoms with Gasteiger partial charge in [-0.05, 0) is 53.0 Å². The molecule has 1 aliphatic heterocycles. The fourth-order valence-electron chi connectivity index (χ4n) is 4.24. The van der Waals surface area contributed by atoms with Crippen molar-refractivity contribution < 1.29 is 14.3 Å². The van der Waals surface area contributed by atoms with Gasteiger partial charge >= 0.3 is 0 Å². The molecule has 3 rings (SSSR count). The van der Waals surface area contributed by atoms with Gasteiger partial charge in [-0.1, -0.05) is 0 Å². The number of aryl methyl sites for hydroxylation is 1. The topological polar surface area (TPSA) is 42.6 Å². The van der Waals surface area contributed by atoms with Crippen LogP contribution in [-0.2, 0) is 16.8 Å². The van der Waals surface area contributed by atoms with Gasteiger partial charge in [0.2, 0.25) is 0 Å². The summed E-state index contributed by atoms with van der Waals surface area (Å²) >= 11 is 0. The van der Waals surface area contributed by atoms with Gasteiger partial charge in [-0.2, -0.15) is 0 Å². The molecular weight excluding hydrogens is 240 g/mol. The first-order chi connectivity index (χ1) is 8.75. The highest BCUT2D eigenvalue weighted by molar-refractivity contribution is 5.30. The normalized spacial score (nSPS) is 36.2. The molecule has 0 amide bonds. The molecule has 2 heterocycles. The number of fused-ring (bicyclic) bond motifs is 1. The molecule has 1 N–H and O–H groups in total. The van der Waals surface area contributed by atoms with E-state index in [1.165, 1.54) is 0 Å². The molecule has 2 atom stereocenters. The molecule has 3 heteroatoms. The van der Waals surface area contributed by atoms with Gasteiger partial charge in [0.1, 0.15) is 5.76 Å². The standard InChI is InChI=1S/C16H24O3/c1-14(2)10-13(15(3,4)19-14)16(17)8-5-6-12-11(16)7-9-18-12/h7,9,13,17H,5-6,8,10H2,1-4H3. The lowest BCUT2D eigenvalue weighted by Gasteiger charge is -2.42. The second kappa shape index (κ2) is 3.86. The Balaban J connectivity index is 2.03. The van der Waals surface area contributed by atoms with Crippen molar-refractivity contribution in [3.63, 3.8) is 0 Å². The summed E-state index contributed by atoms with van der Waals surface area (Å²) in [6, 6.07) is 1.94. The molecule has 19 heavy (non-hydrogen) atoms. The van der Waals surface area contributed by atoms with Crippen molar-refractivity contribution in [3.05, 3.63) is 23.7 Å². The van der Waals surface area contributed by atoms with E-state index in [0.29, 0.717) is 0 Å². The highest BCUT2D eigenvalue weighted by Crippen LogP contribution is 2.54. The smallest absolute Gasteiger partial charge is 0.109 e. The average molecular weight is 264 g/mol. The fourth-order valence-corrected chi connectivity index (χ4v) is 4.24. The molecule has 1 saturated heterocycles. The van der Waals surface area contributed by atoms with Crippen LogP contribution in [0.2, 0.25) is 0 Å². The lowest BCUT2D eigenvalue weighted by Crippen LogP contribution is -2.46. The summed E-state index contributed by atoms with van der Waals surface area (Å²) < 4.78 is 11.7. The molecule has 0 saturated carbocycles. The van der Waals surface area contributed by atoms with E-state index < -0.39 is 5.60 Å². The molecule has 1 aliphatic carbocycles. The van der Waals surface area contributed by atoms with Crippen molar-refractivity contribution in [3.8, 4) is 0 Å². The summed E-state index contributed by atoms with van der Waals surface area (Å²) in [5.74, 6) is 1.06. The summed E-state index contributed by atoms with van der Waals surface area (Å²) in [7, 11) is 0. The molecule has 2 aliphatic rings. The molecule has 0 spiro atoms. The fraction of sp³-hybridized carbons (Fsp3) is 0.750. The van der Waals surface area contributed by atoms with Gasteiger partial charge in [-0.15, -0.1) is 0 Å². The zero-order valence-electron chi connectivity index (χ0n) is 12.3. The van der Waals surface area contributed by atoms with Crippen LogP contribution in [0.3, 0.4) is 0 Å². The lowest BCUT2D eigenvalue weighted by atomic mass is 9.67. The van der Waals surface area contributed by atoms with Gasteiger partial charge in [0, 0.05) is 17.9 Å². The molecule has 1 fully saturated rings. The van der Waals surface area contributed by atoms with Crippen molar-refractivity contribution >= 4 is 0 Å². The van der Waals surface area contributed by atoms with E-state index in [9.17, 15) is 5.11 Å². The summed E-state index contributed by atoms with van der Waals surface area (Å²) in [5.41, 5.74) is -0.314. The van der Waals surface area contributed by atoms with E-state index in [0.717, 1.165) is 37.0 Å². The maximum absolute atomic E-state index is 11.3. The number of hydrogen-bond donors (Lipinski definition) is 1. The first kappa shape index (κ1) is 13.2. The Hall–Kier alpha value is -0.800. The van der Waals surface area contributed by atoms with Crippen molar-refractivity contribution in [2.24, 2.45) is 5.92 Å². The van der Waals surface area contributed by atoms with E-state index in [1.807, 2.05) is 6.07 Å². The molecule has 3 nitrogen and oxygen atoms in total. The molecule has 1 aromatic rings. The summed E-state index contributed by atoms with van der Waals surface area (Å²) in [6.45, 7) is 8.41. The Morgan fingerprint density at radius 1 is 1.26 bits per heavy atom. The van der Waals surface area contributed by atoms with E-state index in [4.69, 9.17) is 9.15 Å². The third kappa shape index (κ3) is 1.95. The van der Waals surface area contributed by atoms with Gasteiger partial charge in [-0.25, -0.2) is 0 Å². The van der Waals surface area contributed by atoms with Crippen LogP contribution < -0.4 is 0 Å². The van der Waals surface area contributed by atoms with E-state index >= 15 is 0 Å². The molecule has 2 unspecified atom stereocenters. The van der Waals surface area contributed by atoms with Gasteiger partial charge in [0.15, 0.2) is 0 Å². The quantitative estimate of drug-likeness (QED) is 0.845. The molecule has 1 aromatic heterocycles. The van der Waals surface area contributed by atoms with Crippen molar-refractivity contribution in [1.82, 2.24) is 0 Å². The second-order valence-corrected chi connectivity index (χ2v) is 7.26. The maximum atomic E-state index is 11.3. The summed E-state index contributed by atoms with van der Waals surface area (Å²) in [5, 5.41) is 11.3. The summed E-state index contributed by atoms with van der Waals surface area (Å²) in [6.07, 6.45) is 5.29. The minimum absolute atomic E-state index is 0.103. The molecule has 0 bridgehead atoms. The Morgan fingerprint density at radius 3 is 2.63 bits per heavy atom. The molecule has 0 radical (unpaired) electrons. The molecular formula is C16H24O3. The minimum Gasteiger partial charge on any atom is -0.469 e. The van der Waals surface area contributed by atoms with E-state index in [1.54, 1.807) is 6.26 Å². The van der Waals surface area contributed by atoms with Crippen LogP contribution in [-0.4, -0.2) is 16.3 Å². The zero-order chi connectivity index (χ0) is 13.9. The van der Waals surface area contributed by atoms with Crippen molar-refractivity contribution in [2.45, 2.75) is 70.2 Å². The molecule has 0 aromatic carbocycles. The number of furan rings is 1. The zero-order valence-corrected chi connectivity index (χ0v) is 12.3. The van der Waals surface area contributed by atoms with Gasteiger partial charge < -0.3 is 14.3 Å². The SMILES string of the molecule is CC1(C)CC(C2(O)CCCc3occc32)C(C)(C)O1. The van der Waals surface area contributed by atoms with Crippen LogP contribution in [0, 0.1) is 5.92 Å². The van der Waals surface area contributed by atoms with Gasteiger partial charge in [0.25, 0.3) is 0 Å². The Kier molecular flexibility index (Phi) is 2.68. The number of hydrogen-bond acceptors (Lipinski definition) is 3. The average Bonchev–Trinajstić information content (AvgIpc) is 2.81. The predicted molar refractivity (Wildman–Crippen MR) is 72.9 cm³/mol. The second-order valence-electron chi connectivity index (χ2n) is 7.26. The first-order valence-corrected chi connectivity index (χ1v) is 7.24. The number of aliphatic hydroxyl groups is 1. The van der Waals surface area contributed by atoms with Crippen molar-refractivity contribution in [1.29, 1.82) is 0 Å². The van der Waals surface area contributed by atoms with E-state index in [-0.39, 0.29) is 17.1 Å². The highest BCUT2D eigenvalue weighted by atomic mass is 16.5. The third-order valence-electron chi connectivity index (χ3n) is 4.82. The van der Waals surface area contributed by atoms with Crippen LogP contribution in [0.25, 0.3) is 0 Å². The van der Waals surface area contributed by atoms with Crippen LogP contribution >= 0.6 is 0 Å². The monoisotopic (exact) mass is 264 g/mol. The van der Waals surface area contributed by atoms with Gasteiger partial charge in [-0.3, -0.25) is 0 Å². The Morgan fingerprint density at radius 2 is 2.00 bits per heavy atom. The van der Waals surface area contributed by atoms with Gasteiger partial charge in [0.05, 0.1) is 23.1 Å². The van der Waals surface area contributed by atoms with Crippen LogP contribution in [0.15, 0.2) is 16.7 Å². The lowest BCUT2D eigenvalue weighted by molar-refractivity contribution is -0.122. The maximum Gasteiger partial charge on any atom is 0.109 e. The van der Waals surface area contributed by atoms with Crippen LogP contribution in [0.1, 0.15) is 58.3 Å². The summed E-state index contributed by atoms with van der Waals surface area (Å²) in [4.78, 5) is 0. The Bertz CT molecular complexity index is 486. The largest absolute Gasteiger partial charge is 0.469 e. The highest BCUT2D eigenvalue weighted by Gasteiger charge is 2.56. The Labute approximate surface area is 115 Å². The third-order valence-corrected chi connectivity index (χ3v) is 4.82. The number of rotatable bonds is 1. The van der Waals surface area contributed by atoms with Crippen LogP contribution in [0.4, 0.5) is 0 Å². The minimum atomic E-state index is -0.808. The molecule has 106 valence electrons. The predicted octanol–water partition coefficient (Wildman–Crippen LogP) is 3.40.